The number of anilines is 1. The molecule has 0 aliphatic rings. The van der Waals surface area contributed by atoms with Crippen molar-refractivity contribution in [2.45, 2.75) is 5.16 Å². The van der Waals surface area contributed by atoms with Crippen molar-refractivity contribution in [2.24, 2.45) is 7.05 Å². The van der Waals surface area contributed by atoms with Crippen molar-refractivity contribution in [1.29, 1.82) is 0 Å². The number of nitrogens with zero attached hydrogens (tertiary/aromatic N) is 2. The Labute approximate surface area is 168 Å². The van der Waals surface area contributed by atoms with Gasteiger partial charge in [-0.05, 0) is 35.0 Å². The molecule has 1 aromatic heterocycles. The first kappa shape index (κ1) is 19.1. The van der Waals surface area contributed by atoms with E-state index in [1.54, 1.807) is 13.1 Å². The summed E-state index contributed by atoms with van der Waals surface area (Å²) in [6, 6.07) is 14.2. The van der Waals surface area contributed by atoms with Crippen LogP contribution in [0.1, 0.15) is 0 Å². The summed E-state index contributed by atoms with van der Waals surface area (Å²) < 4.78 is 28.0. The number of hydrogen-bond donors (Lipinski definition) is 1. The van der Waals surface area contributed by atoms with Gasteiger partial charge in [0.2, 0.25) is 5.91 Å². The molecular formula is C21H15F2N3O2S. The minimum atomic E-state index is -0.855. The summed E-state index contributed by atoms with van der Waals surface area (Å²) in [5, 5.41) is 5.15. The molecule has 8 heteroatoms. The number of rotatable bonds is 4. The van der Waals surface area contributed by atoms with Gasteiger partial charge in [0.05, 0.1) is 22.3 Å². The topological polar surface area (TPSA) is 64.0 Å². The number of aromatic nitrogens is 2. The molecule has 0 bridgehead atoms. The van der Waals surface area contributed by atoms with Crippen LogP contribution in [0.2, 0.25) is 0 Å². The molecule has 29 heavy (non-hydrogen) atoms. The summed E-state index contributed by atoms with van der Waals surface area (Å²) in [5.74, 6) is -2.16. The lowest BCUT2D eigenvalue weighted by molar-refractivity contribution is -0.113. The van der Waals surface area contributed by atoms with E-state index >= 15 is 0 Å². The van der Waals surface area contributed by atoms with Gasteiger partial charge < -0.3 is 5.32 Å². The molecule has 146 valence electrons. The number of halogens is 2. The highest BCUT2D eigenvalue weighted by molar-refractivity contribution is 7.99. The van der Waals surface area contributed by atoms with Crippen molar-refractivity contribution in [3.8, 4) is 0 Å². The van der Waals surface area contributed by atoms with Crippen molar-refractivity contribution in [2.75, 3.05) is 11.1 Å². The summed E-state index contributed by atoms with van der Waals surface area (Å²) >= 11 is 1.06. The van der Waals surface area contributed by atoms with E-state index in [1.807, 2.05) is 30.3 Å². The van der Waals surface area contributed by atoms with E-state index in [0.717, 1.165) is 34.7 Å². The van der Waals surface area contributed by atoms with Gasteiger partial charge in [-0.15, -0.1) is 0 Å². The number of amides is 1. The van der Waals surface area contributed by atoms with Gasteiger partial charge >= 0.3 is 0 Å². The van der Waals surface area contributed by atoms with Gasteiger partial charge in [0.1, 0.15) is 11.6 Å². The molecule has 0 unspecified atom stereocenters. The van der Waals surface area contributed by atoms with E-state index in [1.165, 1.54) is 4.57 Å². The SMILES string of the molecule is Cn1c(SCC(=O)Nc2ccc(F)cc2F)nc2cc3ccccc3cc2c1=O. The Morgan fingerprint density at radius 3 is 2.55 bits per heavy atom. The second-order valence-corrected chi connectivity index (χ2v) is 7.38. The zero-order valence-electron chi connectivity index (χ0n) is 15.3. The van der Waals surface area contributed by atoms with Crippen molar-refractivity contribution >= 4 is 45.0 Å². The lowest BCUT2D eigenvalue weighted by Gasteiger charge is -2.10. The zero-order valence-corrected chi connectivity index (χ0v) is 16.1. The smallest absolute Gasteiger partial charge is 0.261 e. The monoisotopic (exact) mass is 411 g/mol. The number of carbonyl (C=O) groups is 1. The van der Waals surface area contributed by atoms with E-state index in [2.05, 4.69) is 10.3 Å². The van der Waals surface area contributed by atoms with Gasteiger partial charge in [-0.3, -0.25) is 14.2 Å². The molecule has 5 nitrogen and oxygen atoms in total. The van der Waals surface area contributed by atoms with E-state index < -0.39 is 17.5 Å². The van der Waals surface area contributed by atoms with Crippen LogP contribution < -0.4 is 10.9 Å². The molecule has 0 radical (unpaired) electrons. The molecule has 3 aromatic carbocycles. The van der Waals surface area contributed by atoms with Crippen molar-refractivity contribution in [1.82, 2.24) is 9.55 Å². The van der Waals surface area contributed by atoms with Crippen LogP contribution in [0.15, 0.2) is 64.5 Å². The first-order chi connectivity index (χ1) is 13.9. The Balaban J connectivity index is 1.58. The quantitative estimate of drug-likeness (QED) is 0.312. The Morgan fingerprint density at radius 2 is 1.83 bits per heavy atom. The predicted octanol–water partition coefficient (Wildman–Crippen LogP) is 4.10. The standard InChI is InChI=1S/C21H15F2N3O2S/c1-26-20(28)15-8-12-4-2-3-5-13(12)9-18(15)25-21(26)29-11-19(27)24-17-7-6-14(22)10-16(17)23/h2-10H,11H2,1H3,(H,24,27). The highest BCUT2D eigenvalue weighted by atomic mass is 32.2. The first-order valence-electron chi connectivity index (χ1n) is 8.69. The highest BCUT2D eigenvalue weighted by Gasteiger charge is 2.13. The van der Waals surface area contributed by atoms with Crippen LogP contribution in [0.25, 0.3) is 21.7 Å². The fraction of sp³-hybridized carbons (Fsp3) is 0.0952. The molecule has 0 aliphatic carbocycles. The minimum Gasteiger partial charge on any atom is -0.323 e. The maximum absolute atomic E-state index is 13.7. The number of thioether (sulfide) groups is 1. The average molecular weight is 411 g/mol. The van der Waals surface area contributed by atoms with Crippen LogP contribution in [0.3, 0.4) is 0 Å². The fourth-order valence-corrected chi connectivity index (χ4v) is 3.75. The molecule has 0 saturated carbocycles. The summed E-state index contributed by atoms with van der Waals surface area (Å²) in [5.41, 5.74) is 0.219. The number of benzene rings is 3. The molecule has 1 heterocycles. The first-order valence-corrected chi connectivity index (χ1v) is 9.68. The Kier molecular flexibility index (Phi) is 5.02. The third-order valence-corrected chi connectivity index (χ3v) is 5.47. The van der Waals surface area contributed by atoms with Gasteiger partial charge in [-0.2, -0.15) is 0 Å². The van der Waals surface area contributed by atoms with Crippen LogP contribution in [-0.4, -0.2) is 21.2 Å². The Hall–Kier alpha value is -3.26. The number of nitrogens with one attached hydrogen (secondary N) is 1. The second-order valence-electron chi connectivity index (χ2n) is 6.44. The summed E-state index contributed by atoms with van der Waals surface area (Å²) in [6.45, 7) is 0. The summed E-state index contributed by atoms with van der Waals surface area (Å²) in [6.07, 6.45) is 0. The highest BCUT2D eigenvalue weighted by Crippen LogP contribution is 2.23. The molecular weight excluding hydrogens is 396 g/mol. The molecule has 1 N–H and O–H groups in total. The van der Waals surface area contributed by atoms with Gasteiger partial charge in [0.15, 0.2) is 5.16 Å². The van der Waals surface area contributed by atoms with Crippen LogP contribution in [0.5, 0.6) is 0 Å². The predicted molar refractivity (Wildman–Crippen MR) is 110 cm³/mol. The number of hydrogen-bond acceptors (Lipinski definition) is 4. The molecule has 4 aromatic rings. The van der Waals surface area contributed by atoms with E-state index in [4.69, 9.17) is 0 Å². The van der Waals surface area contributed by atoms with E-state index in [0.29, 0.717) is 22.1 Å². The third kappa shape index (κ3) is 3.84. The third-order valence-electron chi connectivity index (χ3n) is 4.44. The largest absolute Gasteiger partial charge is 0.323 e. The molecule has 0 aliphatic heterocycles. The van der Waals surface area contributed by atoms with Gasteiger partial charge in [-0.1, -0.05) is 36.0 Å². The molecule has 0 spiro atoms. The van der Waals surface area contributed by atoms with E-state index in [-0.39, 0.29) is 17.0 Å². The lowest BCUT2D eigenvalue weighted by Crippen LogP contribution is -2.21. The lowest BCUT2D eigenvalue weighted by atomic mass is 10.1. The maximum atomic E-state index is 13.7. The fourth-order valence-electron chi connectivity index (χ4n) is 2.97. The molecule has 0 saturated heterocycles. The van der Waals surface area contributed by atoms with Crippen molar-refractivity contribution < 1.29 is 13.6 Å². The normalized spacial score (nSPS) is 11.1. The number of carbonyl (C=O) groups excluding carboxylic acids is 1. The second kappa shape index (κ2) is 7.63. The van der Waals surface area contributed by atoms with Crippen LogP contribution >= 0.6 is 11.8 Å². The molecule has 0 atom stereocenters. The van der Waals surface area contributed by atoms with E-state index in [9.17, 15) is 18.4 Å². The van der Waals surface area contributed by atoms with Crippen LogP contribution in [0.4, 0.5) is 14.5 Å². The zero-order chi connectivity index (χ0) is 20.5. The minimum absolute atomic E-state index is 0.0871. The molecule has 4 rings (SSSR count). The van der Waals surface area contributed by atoms with Crippen LogP contribution in [-0.2, 0) is 11.8 Å². The number of fused-ring (bicyclic) bond motifs is 2. The van der Waals surface area contributed by atoms with Crippen molar-refractivity contribution in [3.05, 3.63) is 76.6 Å². The summed E-state index contributed by atoms with van der Waals surface area (Å²) in [4.78, 5) is 29.4. The van der Waals surface area contributed by atoms with Gasteiger partial charge in [0, 0.05) is 13.1 Å². The van der Waals surface area contributed by atoms with Gasteiger partial charge in [-0.25, -0.2) is 13.8 Å². The molecule has 0 fully saturated rings. The molecule has 1 amide bonds. The Morgan fingerprint density at radius 1 is 1.10 bits per heavy atom. The Bertz CT molecular complexity index is 1320. The maximum Gasteiger partial charge on any atom is 0.261 e. The van der Waals surface area contributed by atoms with Crippen molar-refractivity contribution in [3.63, 3.8) is 0 Å². The summed E-state index contributed by atoms with van der Waals surface area (Å²) in [7, 11) is 1.59. The van der Waals surface area contributed by atoms with Gasteiger partial charge in [0.25, 0.3) is 5.56 Å². The average Bonchev–Trinajstić information content (AvgIpc) is 2.70. The van der Waals surface area contributed by atoms with Crippen LogP contribution in [0, 0.1) is 11.6 Å².